The van der Waals surface area contributed by atoms with Crippen LogP contribution in [0.25, 0.3) is 0 Å². The number of carbonyl (C=O) groups excluding carboxylic acids is 2. The lowest BCUT2D eigenvalue weighted by atomic mass is 9.87. The van der Waals surface area contributed by atoms with E-state index in [4.69, 9.17) is 32.7 Å². The highest BCUT2D eigenvalue weighted by molar-refractivity contribution is 7.12. The molecule has 0 radical (unpaired) electrons. The zero-order valence-electron chi connectivity index (χ0n) is 40.3. The van der Waals surface area contributed by atoms with Gasteiger partial charge in [0, 0.05) is 107 Å². The smallest absolute Gasteiger partial charge is 0.338 e. The van der Waals surface area contributed by atoms with Gasteiger partial charge in [0.25, 0.3) is 11.8 Å². The number of aliphatic carboxylic acids is 2. The third-order valence-electron chi connectivity index (χ3n) is 14.5. The van der Waals surface area contributed by atoms with Crippen molar-refractivity contribution in [2.24, 2.45) is 21.8 Å². The number of rotatable bonds is 14. The lowest BCUT2D eigenvalue weighted by Gasteiger charge is -2.40. The summed E-state index contributed by atoms with van der Waals surface area (Å²) in [5.74, 6) is -10.8. The van der Waals surface area contributed by atoms with Gasteiger partial charge in [-0.1, -0.05) is 35.3 Å². The molecule has 6 aliphatic heterocycles. The van der Waals surface area contributed by atoms with E-state index in [0.717, 1.165) is 12.1 Å². The predicted octanol–water partition coefficient (Wildman–Crippen LogP) is 8.83. The molecule has 26 heteroatoms. The van der Waals surface area contributed by atoms with E-state index in [1.807, 2.05) is 0 Å². The number of piperidine rings is 2. The maximum absolute atomic E-state index is 15.1. The maximum Gasteiger partial charge on any atom is 0.338 e. The first kappa shape index (κ1) is 54.9. The Bertz CT molecular complexity index is 2840. The highest BCUT2D eigenvalue weighted by Crippen LogP contribution is 2.51. The predicted molar refractivity (Wildman–Crippen MR) is 268 cm³/mol. The van der Waals surface area contributed by atoms with Gasteiger partial charge in [-0.05, 0) is 61.8 Å². The number of aromatic nitrogens is 2. The van der Waals surface area contributed by atoms with Crippen LogP contribution in [0.5, 0.6) is 0 Å². The van der Waals surface area contributed by atoms with Gasteiger partial charge in [0.1, 0.15) is 23.7 Å². The molecule has 0 spiro atoms. The number of methoxy groups -OCH3 is 2. The number of carbonyl (C=O) groups is 4. The number of aliphatic imine (C=N–C) groups is 2. The zero-order valence-corrected chi connectivity index (χ0v) is 43.5. The van der Waals surface area contributed by atoms with Gasteiger partial charge in [0.2, 0.25) is 0 Å². The number of nitrogens with one attached hydrogen (secondary N) is 2. The third kappa shape index (κ3) is 11.4. The number of nitrogens with zero attached hydrogens (tertiary/aromatic N) is 6. The molecule has 0 saturated carbocycles. The summed E-state index contributed by atoms with van der Waals surface area (Å²) in [6.45, 7) is -0.121. The van der Waals surface area contributed by atoms with Crippen LogP contribution < -0.4 is 10.6 Å². The van der Waals surface area contributed by atoms with Crippen LogP contribution in [0.15, 0.2) is 92.1 Å². The number of thiazole rings is 2. The van der Waals surface area contributed by atoms with E-state index >= 15 is 17.6 Å². The minimum absolute atomic E-state index is 0.0251. The number of carboxylic acid groups (broad SMARTS) is 2. The van der Waals surface area contributed by atoms with Crippen LogP contribution in [0.4, 0.5) is 26.3 Å². The van der Waals surface area contributed by atoms with Crippen molar-refractivity contribution in [3.05, 3.63) is 125 Å². The molecular weight excluding hydrogens is 1090 g/mol. The second-order valence-electron chi connectivity index (χ2n) is 19.3. The normalized spacial score (nSPS) is 26.6. The summed E-state index contributed by atoms with van der Waals surface area (Å²) in [6, 6.07) is 1.94. The van der Waals surface area contributed by atoms with Crippen LogP contribution in [-0.2, 0) is 28.7 Å². The minimum atomic E-state index is -3.01. The number of hydrogen-bond donors (Lipinski definition) is 4. The van der Waals surface area contributed by atoms with Gasteiger partial charge < -0.3 is 30.3 Å². The summed E-state index contributed by atoms with van der Waals surface area (Å²) >= 11 is 15.3. The Kier molecular flexibility index (Phi) is 16.0. The van der Waals surface area contributed by atoms with Crippen LogP contribution in [0.2, 0.25) is 10.0 Å². The molecule has 10 rings (SSSR count). The molecule has 76 heavy (non-hydrogen) atoms. The van der Waals surface area contributed by atoms with Crippen molar-refractivity contribution >= 4 is 81.4 Å². The number of esters is 2. The Labute approximate surface area is 448 Å². The number of alkyl halides is 4. The lowest BCUT2D eigenvalue weighted by Crippen LogP contribution is -2.50. The Hall–Kier alpha value is -5.92. The molecule has 8 atom stereocenters. The first-order chi connectivity index (χ1) is 36.1. The average molecular weight is 1140 g/mol. The first-order valence-electron chi connectivity index (χ1n) is 23.9. The Balaban J connectivity index is 0.000000186. The fourth-order valence-electron chi connectivity index (χ4n) is 11.4. The first-order valence-corrected chi connectivity index (χ1v) is 26.4. The van der Waals surface area contributed by atoms with Crippen molar-refractivity contribution in [3.63, 3.8) is 0 Å². The second kappa shape index (κ2) is 22.2. The van der Waals surface area contributed by atoms with Gasteiger partial charge in [-0.25, -0.2) is 45.9 Å². The van der Waals surface area contributed by atoms with E-state index < -0.39 is 96.4 Å². The molecule has 4 N–H and O–H groups in total. The molecule has 0 amide bonds. The topological polar surface area (TPSA) is 208 Å². The van der Waals surface area contributed by atoms with Crippen LogP contribution in [-0.4, -0.2) is 129 Å². The number of ether oxygens (including phenoxy) is 2. The van der Waals surface area contributed by atoms with E-state index in [1.165, 1.54) is 61.2 Å². The molecule has 2 aromatic carbocycles. The van der Waals surface area contributed by atoms with Gasteiger partial charge in [0.15, 0.2) is 21.7 Å². The van der Waals surface area contributed by atoms with Crippen LogP contribution in [0.3, 0.4) is 0 Å². The molecule has 6 aliphatic rings. The quantitative estimate of drug-likeness (QED) is 0.0688. The molecule has 404 valence electrons. The summed E-state index contributed by atoms with van der Waals surface area (Å²) in [5.41, 5.74) is 1.41. The summed E-state index contributed by atoms with van der Waals surface area (Å²) < 4.78 is 98.1. The van der Waals surface area contributed by atoms with Crippen molar-refractivity contribution in [1.82, 2.24) is 30.4 Å². The van der Waals surface area contributed by atoms with Crippen LogP contribution in [0.1, 0.15) is 84.6 Å². The highest BCUT2D eigenvalue weighted by Gasteiger charge is 2.59. The number of benzene rings is 2. The van der Waals surface area contributed by atoms with Crippen molar-refractivity contribution < 1.29 is 65.2 Å². The molecular formula is C50H48Cl2F6N8O8S2. The van der Waals surface area contributed by atoms with Gasteiger partial charge in [0.05, 0.1) is 37.4 Å². The summed E-state index contributed by atoms with van der Waals surface area (Å²) in [4.78, 5) is 69.9. The summed E-state index contributed by atoms with van der Waals surface area (Å²) in [7, 11) is 2.40. The number of carboxylic acids is 2. The average Bonchev–Trinajstić information content (AvgIpc) is 4.16. The zero-order chi connectivity index (χ0) is 54.4. The fourth-order valence-corrected chi connectivity index (χ4v) is 13.1. The molecule has 8 heterocycles. The Morgan fingerprint density at radius 3 is 1.38 bits per heavy atom. The molecule has 4 bridgehead atoms. The van der Waals surface area contributed by atoms with E-state index in [0.29, 0.717) is 57.0 Å². The fraction of sp³-hybridized carbons (Fsp3) is 0.440. The van der Waals surface area contributed by atoms with Gasteiger partial charge in [-0.15, -0.1) is 22.7 Å². The third-order valence-corrected chi connectivity index (χ3v) is 16.7. The monoisotopic (exact) mass is 1140 g/mol. The van der Waals surface area contributed by atoms with Gasteiger partial charge >= 0.3 is 23.9 Å². The molecule has 16 nitrogen and oxygen atoms in total. The van der Waals surface area contributed by atoms with E-state index in [9.17, 15) is 38.2 Å². The molecule has 4 fully saturated rings. The van der Waals surface area contributed by atoms with Crippen LogP contribution in [0, 0.1) is 23.5 Å². The Morgan fingerprint density at radius 1 is 0.671 bits per heavy atom. The number of halogens is 8. The summed E-state index contributed by atoms with van der Waals surface area (Å²) in [5, 5.41) is 29.2. The van der Waals surface area contributed by atoms with E-state index in [1.54, 1.807) is 33.0 Å². The number of fused-ring (bicyclic) bond motifs is 4. The van der Waals surface area contributed by atoms with Crippen molar-refractivity contribution in [2.45, 2.75) is 99.5 Å². The number of hydrogen-bond acceptors (Lipinski definition) is 16. The standard InChI is InChI=1S/2C25H24ClF3N4O4S/c2*1-37-24(36)20-17(11-33-14-6-12(8-19(34)35)7-18(33)25(28,29)10-14)31-22(23-30-4-5-38-23)32-21(20)15-3-2-13(27)9-16(15)26/h2*2-5,9,12,14,18,21H,6-8,10-11H2,1H3,(H,31,32)(H,34,35)/t12-,14-,18+,21+;12-,14-,18+,21-/m10/s1. The van der Waals surface area contributed by atoms with Gasteiger partial charge in [-0.3, -0.25) is 29.4 Å². The molecule has 4 saturated heterocycles. The van der Waals surface area contributed by atoms with E-state index in [-0.39, 0.29) is 71.8 Å². The largest absolute Gasteiger partial charge is 0.481 e. The van der Waals surface area contributed by atoms with Crippen LogP contribution >= 0.6 is 45.9 Å². The molecule has 2 aromatic heterocycles. The summed E-state index contributed by atoms with van der Waals surface area (Å²) in [6.07, 6.45) is 2.70. The van der Waals surface area contributed by atoms with Crippen molar-refractivity contribution in [3.8, 4) is 0 Å². The van der Waals surface area contributed by atoms with E-state index in [2.05, 4.69) is 30.6 Å². The minimum Gasteiger partial charge on any atom is -0.481 e. The lowest BCUT2D eigenvalue weighted by molar-refractivity contribution is -0.140. The van der Waals surface area contributed by atoms with Crippen molar-refractivity contribution in [1.29, 1.82) is 0 Å². The molecule has 4 aromatic rings. The number of amidine groups is 2. The van der Waals surface area contributed by atoms with Gasteiger partial charge in [-0.2, -0.15) is 0 Å². The SMILES string of the molecule is COC(=O)C1=C(CN2[C@@H]3C[C@@H](CC(=O)O)C[C@H]2C(F)(F)C3)NC(c2nccs2)=N[C@H]1c1ccc(F)cc1Cl.COC(=O)C1=C(CN2[C@H]3C[C@H](CC(=O)O)C[C@@H]2C(F)(F)C3)NC(c2nccs2)=N[C@H]1c1ccc(F)cc1Cl. The maximum atomic E-state index is 15.1. The highest BCUT2D eigenvalue weighted by atomic mass is 35.5. The molecule has 0 unspecified atom stereocenters. The molecule has 0 aliphatic carbocycles. The second-order valence-corrected chi connectivity index (χ2v) is 21.9. The van der Waals surface area contributed by atoms with Crippen molar-refractivity contribution in [2.75, 3.05) is 27.3 Å². The Morgan fingerprint density at radius 2 is 1.07 bits per heavy atom.